The quantitative estimate of drug-likeness (QED) is 0.552. The first-order valence-corrected chi connectivity index (χ1v) is 13.0. The van der Waals surface area contributed by atoms with Crippen LogP contribution in [0.25, 0.3) is 22.0 Å². The lowest BCUT2D eigenvalue weighted by Crippen LogP contribution is -2.46. The molecule has 1 aromatic carbocycles. The summed E-state index contributed by atoms with van der Waals surface area (Å²) in [5.41, 5.74) is 5.00. The fourth-order valence-corrected chi connectivity index (χ4v) is 5.46. The van der Waals surface area contributed by atoms with Gasteiger partial charge in [-0.15, -0.1) is 0 Å². The van der Waals surface area contributed by atoms with Gasteiger partial charge in [-0.25, -0.2) is 0 Å². The number of amides is 1. The Hall–Kier alpha value is -2.77. The number of benzene rings is 1. The van der Waals surface area contributed by atoms with Crippen molar-refractivity contribution in [2.45, 2.75) is 59.0 Å². The molecular formula is C28H38N6O. The van der Waals surface area contributed by atoms with Crippen LogP contribution in [0.1, 0.15) is 62.5 Å². The van der Waals surface area contributed by atoms with Crippen LogP contribution in [-0.4, -0.2) is 69.7 Å². The van der Waals surface area contributed by atoms with E-state index in [1.807, 2.05) is 18.5 Å². The molecule has 2 N–H and O–H groups in total. The summed E-state index contributed by atoms with van der Waals surface area (Å²) in [6.07, 6.45) is 8.38. The van der Waals surface area contributed by atoms with E-state index in [-0.39, 0.29) is 11.9 Å². The van der Waals surface area contributed by atoms with Gasteiger partial charge in [-0.2, -0.15) is 5.10 Å². The minimum Gasteiger partial charge on any atom is -0.348 e. The number of nitrogens with zero attached hydrogens (tertiary/aromatic N) is 4. The zero-order chi connectivity index (χ0) is 24.4. The molecule has 3 aromatic rings. The van der Waals surface area contributed by atoms with Crippen LogP contribution in [-0.2, 0) is 6.54 Å². The SMILES string of the molecule is CC(C)(C)CN1CCC(NC(=O)c2n[nH]c3ccc(-c4cncc(CN5CCCC5)c4)cc23)CC1. The van der Waals surface area contributed by atoms with E-state index in [2.05, 4.69) is 69.3 Å². The molecule has 7 nitrogen and oxygen atoms in total. The average Bonchev–Trinajstić information content (AvgIpc) is 3.49. The standard InChI is InChI=1S/C28H38N6O/c1-28(2,3)19-34-12-8-23(9-13-34)30-27(35)26-24-15-21(6-7-25(24)31-32-26)22-14-20(16-29-17-22)18-33-10-4-5-11-33/h6-7,14-17,23H,4-5,8-13,18-19H2,1-3H3,(H,30,35)(H,31,32). The predicted molar refractivity (Wildman–Crippen MR) is 140 cm³/mol. The summed E-state index contributed by atoms with van der Waals surface area (Å²) in [6.45, 7) is 13.2. The van der Waals surface area contributed by atoms with E-state index in [4.69, 9.17) is 0 Å². The highest BCUT2D eigenvalue weighted by molar-refractivity contribution is 6.05. The van der Waals surface area contributed by atoms with Gasteiger partial charge in [-0.1, -0.05) is 26.8 Å². The zero-order valence-corrected chi connectivity index (χ0v) is 21.3. The number of likely N-dealkylation sites (tertiary alicyclic amines) is 2. The highest BCUT2D eigenvalue weighted by Gasteiger charge is 2.25. The number of carbonyl (C=O) groups is 1. The summed E-state index contributed by atoms with van der Waals surface area (Å²) in [6, 6.07) is 8.56. The first-order chi connectivity index (χ1) is 16.8. The van der Waals surface area contributed by atoms with Gasteiger partial charge in [0.15, 0.2) is 5.69 Å². The van der Waals surface area contributed by atoms with Crippen molar-refractivity contribution in [3.63, 3.8) is 0 Å². The third kappa shape index (κ3) is 5.90. The van der Waals surface area contributed by atoms with Crippen LogP contribution in [0.3, 0.4) is 0 Å². The molecule has 0 saturated carbocycles. The Balaban J connectivity index is 1.28. The maximum Gasteiger partial charge on any atom is 0.272 e. The first-order valence-electron chi connectivity index (χ1n) is 13.0. The van der Waals surface area contributed by atoms with Crippen molar-refractivity contribution in [2.75, 3.05) is 32.7 Å². The number of aromatic amines is 1. The van der Waals surface area contributed by atoms with Gasteiger partial charge in [-0.05, 0) is 73.5 Å². The Morgan fingerprint density at radius 2 is 1.80 bits per heavy atom. The summed E-state index contributed by atoms with van der Waals surface area (Å²) in [5, 5.41) is 11.5. The summed E-state index contributed by atoms with van der Waals surface area (Å²) in [5.74, 6) is -0.0939. The minimum atomic E-state index is -0.0939. The van der Waals surface area contributed by atoms with Gasteiger partial charge in [-0.3, -0.25) is 19.8 Å². The molecule has 0 spiro atoms. The molecule has 0 radical (unpaired) electrons. The number of fused-ring (bicyclic) bond motifs is 1. The molecule has 0 bridgehead atoms. The van der Waals surface area contributed by atoms with Crippen LogP contribution in [0, 0.1) is 5.41 Å². The lowest BCUT2D eigenvalue weighted by molar-refractivity contribution is 0.0892. The topological polar surface area (TPSA) is 77.1 Å². The van der Waals surface area contributed by atoms with Gasteiger partial charge in [0.25, 0.3) is 5.91 Å². The van der Waals surface area contributed by atoms with E-state index in [1.54, 1.807) is 0 Å². The first kappa shape index (κ1) is 23.9. The van der Waals surface area contributed by atoms with Crippen molar-refractivity contribution >= 4 is 16.8 Å². The molecule has 0 aliphatic carbocycles. The van der Waals surface area contributed by atoms with Crippen LogP contribution in [0.15, 0.2) is 36.7 Å². The number of pyridine rings is 1. The summed E-state index contributed by atoms with van der Waals surface area (Å²) in [4.78, 5) is 22.7. The average molecular weight is 475 g/mol. The Bertz CT molecular complexity index is 1170. The van der Waals surface area contributed by atoms with Gasteiger partial charge in [0, 0.05) is 55.6 Å². The van der Waals surface area contributed by atoms with Crippen molar-refractivity contribution < 1.29 is 4.79 Å². The number of hydrogen-bond acceptors (Lipinski definition) is 5. The van der Waals surface area contributed by atoms with Crippen molar-refractivity contribution in [1.82, 2.24) is 30.3 Å². The summed E-state index contributed by atoms with van der Waals surface area (Å²) in [7, 11) is 0. The van der Waals surface area contributed by atoms with Gasteiger partial charge < -0.3 is 10.2 Å². The highest BCUT2D eigenvalue weighted by atomic mass is 16.2. The van der Waals surface area contributed by atoms with Gasteiger partial charge in [0.1, 0.15) is 0 Å². The number of hydrogen-bond donors (Lipinski definition) is 2. The Kier molecular flexibility index (Phi) is 6.89. The van der Waals surface area contributed by atoms with Crippen LogP contribution in [0.4, 0.5) is 0 Å². The van der Waals surface area contributed by atoms with Crippen molar-refractivity contribution in [2.24, 2.45) is 5.41 Å². The second-order valence-corrected chi connectivity index (χ2v) is 11.5. The Morgan fingerprint density at radius 3 is 2.54 bits per heavy atom. The number of aromatic nitrogens is 3. The molecule has 2 aliphatic rings. The van der Waals surface area contributed by atoms with Crippen molar-refractivity contribution in [3.05, 3.63) is 47.9 Å². The molecule has 0 atom stereocenters. The lowest BCUT2D eigenvalue weighted by Gasteiger charge is -2.36. The molecule has 2 aromatic heterocycles. The van der Waals surface area contributed by atoms with Crippen molar-refractivity contribution in [1.29, 1.82) is 0 Å². The van der Waals surface area contributed by atoms with E-state index in [1.165, 1.54) is 31.5 Å². The second kappa shape index (κ2) is 10.1. The van der Waals surface area contributed by atoms with E-state index in [9.17, 15) is 4.79 Å². The van der Waals surface area contributed by atoms with Gasteiger partial charge in [0.2, 0.25) is 0 Å². The fourth-order valence-electron chi connectivity index (χ4n) is 5.46. The number of nitrogens with one attached hydrogen (secondary N) is 2. The van der Waals surface area contributed by atoms with Crippen molar-refractivity contribution in [3.8, 4) is 11.1 Å². The van der Waals surface area contributed by atoms with Crippen LogP contribution in [0.5, 0.6) is 0 Å². The van der Waals surface area contributed by atoms with E-state index >= 15 is 0 Å². The number of H-pyrrole nitrogens is 1. The normalized spacial score (nSPS) is 18.4. The maximum atomic E-state index is 13.2. The zero-order valence-electron chi connectivity index (χ0n) is 21.3. The minimum absolute atomic E-state index is 0.0939. The molecule has 2 aliphatic heterocycles. The second-order valence-electron chi connectivity index (χ2n) is 11.5. The smallest absolute Gasteiger partial charge is 0.272 e. The highest BCUT2D eigenvalue weighted by Crippen LogP contribution is 2.27. The molecule has 2 fully saturated rings. The third-order valence-corrected chi connectivity index (χ3v) is 7.13. The number of rotatable bonds is 6. The predicted octanol–water partition coefficient (Wildman–Crippen LogP) is 4.46. The third-order valence-electron chi connectivity index (χ3n) is 7.13. The molecular weight excluding hydrogens is 436 g/mol. The Labute approximate surface area is 208 Å². The van der Waals surface area contributed by atoms with Crippen LogP contribution < -0.4 is 5.32 Å². The number of carbonyl (C=O) groups excluding carboxylic acids is 1. The molecule has 186 valence electrons. The van der Waals surface area contributed by atoms with Gasteiger partial charge >= 0.3 is 0 Å². The molecule has 1 amide bonds. The maximum absolute atomic E-state index is 13.2. The van der Waals surface area contributed by atoms with Crippen LogP contribution in [0.2, 0.25) is 0 Å². The molecule has 35 heavy (non-hydrogen) atoms. The molecule has 4 heterocycles. The largest absolute Gasteiger partial charge is 0.348 e. The molecule has 7 heteroatoms. The summed E-state index contributed by atoms with van der Waals surface area (Å²) < 4.78 is 0. The molecule has 0 unspecified atom stereocenters. The fraction of sp³-hybridized carbons (Fsp3) is 0.536. The van der Waals surface area contributed by atoms with Crippen LogP contribution >= 0.6 is 0 Å². The number of piperidine rings is 1. The van der Waals surface area contributed by atoms with E-state index < -0.39 is 0 Å². The summed E-state index contributed by atoms with van der Waals surface area (Å²) >= 11 is 0. The molecule has 2 saturated heterocycles. The van der Waals surface area contributed by atoms with Gasteiger partial charge in [0.05, 0.1) is 5.52 Å². The monoisotopic (exact) mass is 474 g/mol. The van der Waals surface area contributed by atoms with E-state index in [0.29, 0.717) is 11.1 Å². The Morgan fingerprint density at radius 1 is 1.03 bits per heavy atom. The van der Waals surface area contributed by atoms with E-state index in [0.717, 1.165) is 61.1 Å². The lowest BCUT2D eigenvalue weighted by atomic mass is 9.94. The molecule has 5 rings (SSSR count).